The molecule has 8 nitrogen and oxygen atoms in total. The van der Waals surface area contributed by atoms with Gasteiger partial charge in [-0.25, -0.2) is 13.2 Å². The van der Waals surface area contributed by atoms with Gasteiger partial charge < -0.3 is 15.0 Å². The van der Waals surface area contributed by atoms with Gasteiger partial charge in [0.2, 0.25) is 15.9 Å². The molecule has 2 aromatic carbocycles. The second kappa shape index (κ2) is 9.87. The van der Waals surface area contributed by atoms with Crippen molar-refractivity contribution in [3.63, 3.8) is 0 Å². The van der Waals surface area contributed by atoms with Crippen molar-refractivity contribution >= 4 is 32.8 Å². The van der Waals surface area contributed by atoms with Crippen LogP contribution in [-0.4, -0.2) is 67.9 Å². The van der Waals surface area contributed by atoms with Gasteiger partial charge in [0.05, 0.1) is 4.90 Å². The molecule has 1 heterocycles. The molecule has 1 aliphatic heterocycles. The minimum Gasteiger partial charge on any atom is -0.444 e. The molecule has 174 valence electrons. The molecule has 1 fully saturated rings. The summed E-state index contributed by atoms with van der Waals surface area (Å²) in [6.07, 6.45) is 0.276. The zero-order chi connectivity index (χ0) is 23.4. The first-order valence-electron chi connectivity index (χ1n) is 10.8. The molecule has 3 rings (SSSR count). The Morgan fingerprint density at radius 1 is 1.00 bits per heavy atom. The number of alkyl carbamates (subject to hydrolysis) is 1. The third-order valence-corrected chi connectivity index (χ3v) is 7.08. The summed E-state index contributed by atoms with van der Waals surface area (Å²) >= 11 is 0. The van der Waals surface area contributed by atoms with Crippen LogP contribution in [0.25, 0.3) is 10.8 Å². The Hall–Kier alpha value is -2.65. The molecule has 0 atom stereocenters. The van der Waals surface area contributed by atoms with E-state index in [0.717, 1.165) is 10.8 Å². The monoisotopic (exact) mass is 461 g/mol. The summed E-state index contributed by atoms with van der Waals surface area (Å²) in [5, 5.41) is 4.50. The second-order valence-electron chi connectivity index (χ2n) is 8.83. The third kappa shape index (κ3) is 6.20. The van der Waals surface area contributed by atoms with Crippen molar-refractivity contribution in [2.24, 2.45) is 0 Å². The number of nitrogens with zero attached hydrogens (tertiary/aromatic N) is 2. The second-order valence-corrected chi connectivity index (χ2v) is 10.8. The van der Waals surface area contributed by atoms with E-state index in [1.165, 1.54) is 4.31 Å². The van der Waals surface area contributed by atoms with Crippen LogP contribution in [0.3, 0.4) is 0 Å². The Morgan fingerprint density at radius 3 is 2.31 bits per heavy atom. The summed E-state index contributed by atoms with van der Waals surface area (Å²) in [5.74, 6) is -0.0428. The highest BCUT2D eigenvalue weighted by Crippen LogP contribution is 2.23. The topological polar surface area (TPSA) is 96.0 Å². The first-order valence-corrected chi connectivity index (χ1v) is 12.2. The van der Waals surface area contributed by atoms with Crippen LogP contribution in [0.15, 0.2) is 47.4 Å². The summed E-state index contributed by atoms with van der Waals surface area (Å²) < 4.78 is 32.7. The number of ether oxygens (including phenoxy) is 1. The van der Waals surface area contributed by atoms with Gasteiger partial charge >= 0.3 is 6.09 Å². The number of sulfonamides is 1. The fraction of sp³-hybridized carbons (Fsp3) is 0.478. The summed E-state index contributed by atoms with van der Waals surface area (Å²) in [4.78, 5) is 26.0. The average molecular weight is 462 g/mol. The van der Waals surface area contributed by atoms with Gasteiger partial charge in [-0.1, -0.05) is 30.3 Å². The molecular formula is C23H31N3O5S. The van der Waals surface area contributed by atoms with Crippen LogP contribution in [-0.2, 0) is 19.6 Å². The van der Waals surface area contributed by atoms with Gasteiger partial charge in [0.1, 0.15) is 5.60 Å². The maximum Gasteiger partial charge on any atom is 0.407 e. The van der Waals surface area contributed by atoms with Crippen LogP contribution in [0.2, 0.25) is 0 Å². The number of hydrogen-bond acceptors (Lipinski definition) is 5. The van der Waals surface area contributed by atoms with Crippen LogP contribution in [0, 0.1) is 0 Å². The van der Waals surface area contributed by atoms with Crippen molar-refractivity contribution in [1.29, 1.82) is 0 Å². The van der Waals surface area contributed by atoms with E-state index in [1.54, 1.807) is 37.8 Å². The Morgan fingerprint density at radius 2 is 1.66 bits per heavy atom. The number of carbonyl (C=O) groups is 2. The molecule has 32 heavy (non-hydrogen) atoms. The van der Waals surface area contributed by atoms with Crippen LogP contribution in [0.1, 0.15) is 33.6 Å². The number of piperazine rings is 1. The van der Waals surface area contributed by atoms with Crippen LogP contribution in [0.5, 0.6) is 0 Å². The van der Waals surface area contributed by atoms with E-state index in [1.807, 2.05) is 30.3 Å². The number of amides is 2. The van der Waals surface area contributed by atoms with E-state index in [9.17, 15) is 18.0 Å². The molecule has 9 heteroatoms. The standard InChI is InChI=1S/C23H31N3O5S/c1-23(2,3)31-22(28)24-12-6-9-21(27)25-13-15-26(16-14-25)32(29,30)20-11-10-18-7-4-5-8-19(18)17-20/h4-5,7-8,10-11,17H,6,9,12-16H2,1-3H3,(H,24,28). The Kier molecular flexibility index (Phi) is 7.40. The Balaban J connectivity index is 1.47. The minimum absolute atomic E-state index is 0.0428. The highest BCUT2D eigenvalue weighted by atomic mass is 32.2. The summed E-state index contributed by atoms with van der Waals surface area (Å²) in [5.41, 5.74) is -0.563. The van der Waals surface area contributed by atoms with Gasteiger partial charge in [0, 0.05) is 39.1 Å². The van der Waals surface area contributed by atoms with Crippen molar-refractivity contribution in [2.45, 2.75) is 44.1 Å². The molecule has 0 bridgehead atoms. The fourth-order valence-corrected chi connectivity index (χ4v) is 5.02. The lowest BCUT2D eigenvalue weighted by atomic mass is 10.1. The molecule has 0 saturated carbocycles. The molecule has 0 aliphatic carbocycles. The number of hydrogen-bond donors (Lipinski definition) is 1. The Bertz CT molecular complexity index is 1070. The quantitative estimate of drug-likeness (QED) is 0.667. The summed E-state index contributed by atoms with van der Waals surface area (Å²) in [7, 11) is -3.61. The number of nitrogens with one attached hydrogen (secondary N) is 1. The molecule has 0 radical (unpaired) electrons. The van der Waals surface area contributed by atoms with Gasteiger partial charge in [-0.2, -0.15) is 4.31 Å². The van der Waals surface area contributed by atoms with Crippen molar-refractivity contribution in [2.75, 3.05) is 32.7 Å². The van der Waals surface area contributed by atoms with Gasteiger partial charge in [0.25, 0.3) is 0 Å². The first kappa shape index (κ1) is 24.0. The van der Waals surface area contributed by atoms with Gasteiger partial charge in [-0.3, -0.25) is 4.79 Å². The highest BCUT2D eigenvalue weighted by Gasteiger charge is 2.30. The lowest BCUT2D eigenvalue weighted by molar-refractivity contribution is -0.132. The van der Waals surface area contributed by atoms with E-state index in [-0.39, 0.29) is 30.3 Å². The molecule has 0 aromatic heterocycles. The number of fused-ring (bicyclic) bond motifs is 1. The van der Waals surface area contributed by atoms with Gasteiger partial charge in [-0.05, 0) is 50.1 Å². The Labute approximate surface area is 189 Å². The minimum atomic E-state index is -3.61. The fourth-order valence-electron chi connectivity index (χ4n) is 3.56. The van der Waals surface area contributed by atoms with Crippen LogP contribution in [0.4, 0.5) is 4.79 Å². The maximum atomic E-state index is 13.1. The smallest absolute Gasteiger partial charge is 0.407 e. The average Bonchev–Trinajstić information content (AvgIpc) is 2.75. The van der Waals surface area contributed by atoms with E-state index >= 15 is 0 Å². The van der Waals surface area contributed by atoms with E-state index < -0.39 is 21.7 Å². The lowest BCUT2D eigenvalue weighted by Gasteiger charge is -2.34. The molecule has 1 N–H and O–H groups in total. The van der Waals surface area contributed by atoms with E-state index in [2.05, 4.69) is 5.32 Å². The van der Waals surface area contributed by atoms with Gasteiger partial charge in [0.15, 0.2) is 0 Å². The maximum absolute atomic E-state index is 13.1. The van der Waals surface area contributed by atoms with Crippen molar-refractivity contribution in [3.05, 3.63) is 42.5 Å². The van der Waals surface area contributed by atoms with Crippen LogP contribution >= 0.6 is 0 Å². The third-order valence-electron chi connectivity index (χ3n) is 5.19. The molecule has 2 aromatic rings. The SMILES string of the molecule is CC(C)(C)OC(=O)NCCCC(=O)N1CCN(S(=O)(=O)c2ccc3ccccc3c2)CC1. The molecule has 0 spiro atoms. The van der Waals surface area contributed by atoms with Crippen molar-refractivity contribution < 1.29 is 22.7 Å². The number of rotatable bonds is 6. The summed E-state index contributed by atoms with van der Waals surface area (Å²) in [6.45, 7) is 6.93. The number of benzene rings is 2. The lowest BCUT2D eigenvalue weighted by Crippen LogP contribution is -2.50. The normalized spacial score (nSPS) is 15.5. The molecular weight excluding hydrogens is 430 g/mol. The molecule has 2 amide bonds. The molecule has 0 unspecified atom stereocenters. The predicted octanol–water partition coefficient (Wildman–Crippen LogP) is 2.98. The van der Waals surface area contributed by atoms with Crippen LogP contribution < -0.4 is 5.32 Å². The number of carbonyl (C=O) groups excluding carboxylic acids is 2. The zero-order valence-corrected chi connectivity index (χ0v) is 19.7. The first-order chi connectivity index (χ1) is 15.1. The van der Waals surface area contributed by atoms with Crippen molar-refractivity contribution in [1.82, 2.24) is 14.5 Å². The highest BCUT2D eigenvalue weighted by molar-refractivity contribution is 7.89. The van der Waals surface area contributed by atoms with E-state index in [0.29, 0.717) is 26.1 Å². The summed E-state index contributed by atoms with van der Waals surface area (Å²) in [6, 6.07) is 12.8. The molecule has 1 aliphatic rings. The molecule has 1 saturated heterocycles. The predicted molar refractivity (Wildman–Crippen MR) is 123 cm³/mol. The zero-order valence-electron chi connectivity index (χ0n) is 18.8. The largest absolute Gasteiger partial charge is 0.444 e. The van der Waals surface area contributed by atoms with Gasteiger partial charge in [-0.15, -0.1) is 0 Å². The van der Waals surface area contributed by atoms with E-state index in [4.69, 9.17) is 4.74 Å². The van der Waals surface area contributed by atoms with Crippen molar-refractivity contribution in [3.8, 4) is 0 Å².